The number of halogens is 1. The first-order valence-corrected chi connectivity index (χ1v) is 8.99. The second-order valence-electron chi connectivity index (χ2n) is 6.77. The Morgan fingerprint density at radius 3 is 2.58 bits per heavy atom. The Morgan fingerprint density at radius 1 is 1.08 bits per heavy atom. The Morgan fingerprint density at radius 2 is 1.81 bits per heavy atom. The molecule has 1 aliphatic heterocycles. The smallest absolute Gasteiger partial charge is 0.246 e. The van der Waals surface area contributed by atoms with Crippen LogP contribution in [0.4, 0.5) is 4.39 Å². The van der Waals surface area contributed by atoms with Crippen LogP contribution < -0.4 is 0 Å². The molecule has 26 heavy (non-hydrogen) atoms. The van der Waals surface area contributed by atoms with Crippen molar-refractivity contribution in [3.05, 3.63) is 77.7 Å². The summed E-state index contributed by atoms with van der Waals surface area (Å²) < 4.78 is 12.9. The van der Waals surface area contributed by atoms with Crippen LogP contribution >= 0.6 is 0 Å². The summed E-state index contributed by atoms with van der Waals surface area (Å²) in [5, 5.41) is 1.29. The van der Waals surface area contributed by atoms with Gasteiger partial charge in [0, 0.05) is 36.3 Å². The molecule has 132 valence electrons. The first-order chi connectivity index (χ1) is 12.7. The van der Waals surface area contributed by atoms with Gasteiger partial charge in [0.15, 0.2) is 0 Å². The number of aromatic amines is 1. The van der Waals surface area contributed by atoms with Crippen LogP contribution in [0.3, 0.4) is 0 Å². The molecule has 1 amide bonds. The maximum absolute atomic E-state index is 12.9. The van der Waals surface area contributed by atoms with Crippen molar-refractivity contribution in [2.75, 3.05) is 13.1 Å². The topological polar surface area (TPSA) is 36.1 Å². The summed E-state index contributed by atoms with van der Waals surface area (Å²) >= 11 is 0. The minimum Gasteiger partial charge on any atom is -0.361 e. The van der Waals surface area contributed by atoms with E-state index in [1.54, 1.807) is 24.3 Å². The van der Waals surface area contributed by atoms with Gasteiger partial charge in [0.05, 0.1) is 0 Å². The fourth-order valence-corrected chi connectivity index (χ4v) is 3.69. The lowest BCUT2D eigenvalue weighted by molar-refractivity contribution is -0.126. The van der Waals surface area contributed by atoms with Crippen LogP contribution in [-0.2, 0) is 4.79 Å². The van der Waals surface area contributed by atoms with E-state index in [-0.39, 0.29) is 11.7 Å². The number of H-pyrrole nitrogens is 1. The third kappa shape index (κ3) is 3.40. The van der Waals surface area contributed by atoms with E-state index >= 15 is 0 Å². The molecule has 1 N–H and O–H groups in total. The Balaban J connectivity index is 1.38. The summed E-state index contributed by atoms with van der Waals surface area (Å²) in [6.07, 6.45) is 7.38. The van der Waals surface area contributed by atoms with Crippen molar-refractivity contribution in [2.24, 2.45) is 0 Å². The van der Waals surface area contributed by atoms with E-state index in [2.05, 4.69) is 29.4 Å². The fraction of sp³-hybridized carbons (Fsp3) is 0.227. The number of hydrogen-bond acceptors (Lipinski definition) is 1. The standard InChI is InChI=1S/C22H21FN2O/c23-18-8-5-16(6-9-18)7-10-22(26)25-13-11-17(12-14-25)20-15-24-21-4-2-1-3-19(20)21/h1-10,15,17,24H,11-14H2/b10-7+. The van der Waals surface area contributed by atoms with Crippen LogP contribution in [0.1, 0.15) is 29.9 Å². The molecule has 4 heteroatoms. The van der Waals surface area contributed by atoms with Crippen LogP contribution in [-0.4, -0.2) is 28.9 Å². The normalized spacial score (nSPS) is 15.8. The van der Waals surface area contributed by atoms with Crippen LogP contribution in [0.5, 0.6) is 0 Å². The number of carbonyl (C=O) groups excluding carboxylic acids is 1. The van der Waals surface area contributed by atoms with Crippen LogP contribution in [0.25, 0.3) is 17.0 Å². The summed E-state index contributed by atoms with van der Waals surface area (Å²) in [5.41, 5.74) is 3.35. The largest absolute Gasteiger partial charge is 0.361 e. The van der Waals surface area contributed by atoms with Gasteiger partial charge >= 0.3 is 0 Å². The molecule has 0 unspecified atom stereocenters. The lowest BCUT2D eigenvalue weighted by atomic mass is 9.89. The van der Waals surface area contributed by atoms with Crippen LogP contribution in [0, 0.1) is 5.82 Å². The molecule has 2 aromatic carbocycles. The average molecular weight is 348 g/mol. The lowest BCUT2D eigenvalue weighted by Gasteiger charge is -2.31. The van der Waals surface area contributed by atoms with Crippen molar-refractivity contribution >= 4 is 22.9 Å². The van der Waals surface area contributed by atoms with Gasteiger partial charge in [-0.25, -0.2) is 4.39 Å². The van der Waals surface area contributed by atoms with Crippen molar-refractivity contribution in [3.8, 4) is 0 Å². The second kappa shape index (κ2) is 7.16. The molecule has 1 fully saturated rings. The van der Waals surface area contributed by atoms with Gasteiger partial charge in [-0.2, -0.15) is 0 Å². The minimum atomic E-state index is -0.271. The van der Waals surface area contributed by atoms with Gasteiger partial charge in [-0.1, -0.05) is 30.3 Å². The number of rotatable bonds is 3. The highest BCUT2D eigenvalue weighted by atomic mass is 19.1. The van der Waals surface area contributed by atoms with Gasteiger partial charge in [0.2, 0.25) is 5.91 Å². The number of para-hydroxylation sites is 1. The van der Waals surface area contributed by atoms with Gasteiger partial charge in [-0.3, -0.25) is 4.79 Å². The van der Waals surface area contributed by atoms with E-state index < -0.39 is 0 Å². The van der Waals surface area contributed by atoms with Crippen molar-refractivity contribution in [1.29, 1.82) is 0 Å². The van der Waals surface area contributed by atoms with Crippen molar-refractivity contribution in [3.63, 3.8) is 0 Å². The monoisotopic (exact) mass is 348 g/mol. The molecule has 1 saturated heterocycles. The molecule has 1 aromatic heterocycles. The Labute approximate surface area is 152 Å². The number of nitrogens with one attached hydrogen (secondary N) is 1. The summed E-state index contributed by atoms with van der Waals surface area (Å²) in [6, 6.07) is 14.5. The predicted molar refractivity (Wildman–Crippen MR) is 102 cm³/mol. The van der Waals surface area contributed by atoms with Gasteiger partial charge < -0.3 is 9.88 Å². The zero-order valence-electron chi connectivity index (χ0n) is 14.5. The summed E-state index contributed by atoms with van der Waals surface area (Å²) in [5.74, 6) is 0.232. The third-order valence-electron chi connectivity index (χ3n) is 5.16. The Kier molecular flexibility index (Phi) is 4.57. The maximum atomic E-state index is 12.9. The highest BCUT2D eigenvalue weighted by molar-refractivity contribution is 5.92. The number of likely N-dealkylation sites (tertiary alicyclic amines) is 1. The molecule has 2 heterocycles. The van der Waals surface area contributed by atoms with Crippen LogP contribution in [0.15, 0.2) is 60.8 Å². The van der Waals surface area contributed by atoms with E-state index in [0.29, 0.717) is 5.92 Å². The predicted octanol–water partition coefficient (Wildman–Crippen LogP) is 4.73. The van der Waals surface area contributed by atoms with E-state index in [9.17, 15) is 9.18 Å². The van der Waals surface area contributed by atoms with E-state index in [4.69, 9.17) is 0 Å². The number of amides is 1. The molecule has 0 radical (unpaired) electrons. The number of hydrogen-bond donors (Lipinski definition) is 1. The van der Waals surface area contributed by atoms with Gasteiger partial charge in [-0.05, 0) is 54.2 Å². The molecule has 0 spiro atoms. The quantitative estimate of drug-likeness (QED) is 0.683. The summed E-state index contributed by atoms with van der Waals surface area (Å²) in [6.45, 7) is 1.52. The first-order valence-electron chi connectivity index (χ1n) is 8.99. The van der Waals surface area contributed by atoms with Gasteiger partial charge in [0.1, 0.15) is 5.82 Å². The zero-order valence-corrected chi connectivity index (χ0v) is 14.5. The summed E-state index contributed by atoms with van der Waals surface area (Å²) in [4.78, 5) is 17.6. The molecule has 0 aliphatic carbocycles. The average Bonchev–Trinajstić information content (AvgIpc) is 3.11. The molecular weight excluding hydrogens is 327 g/mol. The number of benzene rings is 2. The van der Waals surface area contributed by atoms with Gasteiger partial charge in [-0.15, -0.1) is 0 Å². The highest BCUT2D eigenvalue weighted by Crippen LogP contribution is 2.33. The van der Waals surface area contributed by atoms with Crippen molar-refractivity contribution in [1.82, 2.24) is 9.88 Å². The maximum Gasteiger partial charge on any atom is 0.246 e. The van der Waals surface area contributed by atoms with Crippen molar-refractivity contribution in [2.45, 2.75) is 18.8 Å². The number of carbonyl (C=O) groups is 1. The SMILES string of the molecule is O=C(/C=C/c1ccc(F)cc1)N1CCC(c2c[nH]c3ccccc23)CC1. The summed E-state index contributed by atoms with van der Waals surface area (Å²) in [7, 11) is 0. The number of aromatic nitrogens is 1. The zero-order chi connectivity index (χ0) is 17.9. The molecule has 0 atom stereocenters. The van der Waals surface area contributed by atoms with Crippen LogP contribution in [0.2, 0.25) is 0 Å². The number of piperidine rings is 1. The number of nitrogens with zero attached hydrogens (tertiary/aromatic N) is 1. The molecule has 4 rings (SSSR count). The van der Waals surface area contributed by atoms with E-state index in [1.807, 2.05) is 11.0 Å². The first kappa shape index (κ1) is 16.6. The molecule has 3 aromatic rings. The number of fused-ring (bicyclic) bond motifs is 1. The second-order valence-corrected chi connectivity index (χ2v) is 6.77. The molecule has 1 aliphatic rings. The Hall–Kier alpha value is -2.88. The molecule has 0 bridgehead atoms. The lowest BCUT2D eigenvalue weighted by Crippen LogP contribution is -2.36. The minimum absolute atomic E-state index is 0.0201. The highest BCUT2D eigenvalue weighted by Gasteiger charge is 2.24. The third-order valence-corrected chi connectivity index (χ3v) is 5.16. The molecule has 0 saturated carbocycles. The molecular formula is C22H21FN2O. The molecule has 3 nitrogen and oxygen atoms in total. The van der Waals surface area contributed by atoms with Gasteiger partial charge in [0.25, 0.3) is 0 Å². The van der Waals surface area contributed by atoms with Crippen molar-refractivity contribution < 1.29 is 9.18 Å². The van der Waals surface area contributed by atoms with E-state index in [1.165, 1.54) is 28.6 Å². The van der Waals surface area contributed by atoms with E-state index in [0.717, 1.165) is 31.5 Å². The fourth-order valence-electron chi connectivity index (χ4n) is 3.69. The Bertz CT molecular complexity index is 934.